The van der Waals surface area contributed by atoms with Crippen LogP contribution in [-0.2, 0) is 25.7 Å². The Bertz CT molecular complexity index is 1340. The van der Waals surface area contributed by atoms with Crippen LogP contribution in [0, 0.1) is 0 Å². The summed E-state index contributed by atoms with van der Waals surface area (Å²) in [6, 6.07) is 17.1. The highest BCUT2D eigenvalue weighted by atomic mass is 16.7. The summed E-state index contributed by atoms with van der Waals surface area (Å²) in [7, 11) is 0. The summed E-state index contributed by atoms with van der Waals surface area (Å²) in [5.41, 5.74) is 4.99. The Morgan fingerprint density at radius 3 is 2.18 bits per heavy atom. The highest BCUT2D eigenvalue weighted by Crippen LogP contribution is 2.38. The molecule has 0 spiro atoms. The van der Waals surface area contributed by atoms with E-state index in [1.807, 2.05) is 54.6 Å². The minimum Gasteiger partial charge on any atom is -0.392 e. The molecule has 1 aromatic heterocycles. The number of carbonyl (C=O) groups excluding carboxylic acids is 2. The highest BCUT2D eigenvalue weighted by Gasteiger charge is 2.34. The summed E-state index contributed by atoms with van der Waals surface area (Å²) in [6.07, 6.45) is 4.90. The minimum absolute atomic E-state index is 0.01000. The standard InChI is InChI=1S/C32H40N6O6/c39-22-23-6-8-24(9-7-23)28-20-27(21-37-16-18-38(19-17-37)32-33-14-3-15-34-32)43-31(44-28)25-10-12-26(13-11-25)35-29(40)4-1-2-5-30(41)36-42/h3,6-15,27-28,31,39,42H,1-2,4-5,16-22H2,(H,35,40)(H,36,41). The number of hydroxylamine groups is 1. The van der Waals surface area contributed by atoms with Crippen LogP contribution in [0.4, 0.5) is 11.6 Å². The smallest absolute Gasteiger partial charge is 0.243 e. The number of rotatable bonds is 12. The van der Waals surface area contributed by atoms with Gasteiger partial charge >= 0.3 is 0 Å². The summed E-state index contributed by atoms with van der Waals surface area (Å²) < 4.78 is 13.0. The molecule has 3 unspecified atom stereocenters. The van der Waals surface area contributed by atoms with E-state index in [2.05, 4.69) is 25.1 Å². The largest absolute Gasteiger partial charge is 0.392 e. The van der Waals surface area contributed by atoms with Gasteiger partial charge in [0.2, 0.25) is 17.8 Å². The molecule has 2 saturated heterocycles. The average Bonchev–Trinajstić information content (AvgIpc) is 3.07. The Labute approximate surface area is 257 Å². The van der Waals surface area contributed by atoms with Crippen molar-refractivity contribution in [2.24, 2.45) is 0 Å². The molecule has 12 nitrogen and oxygen atoms in total. The van der Waals surface area contributed by atoms with E-state index in [0.29, 0.717) is 24.9 Å². The van der Waals surface area contributed by atoms with Crippen LogP contribution in [0.1, 0.15) is 61.2 Å². The molecular weight excluding hydrogens is 564 g/mol. The third-order valence-corrected chi connectivity index (χ3v) is 7.93. The fraction of sp³-hybridized carbons (Fsp3) is 0.438. The van der Waals surface area contributed by atoms with E-state index in [-0.39, 0.29) is 37.6 Å². The number of carbonyl (C=O) groups is 2. The van der Waals surface area contributed by atoms with Gasteiger partial charge in [0.25, 0.3) is 0 Å². The number of aliphatic hydroxyl groups is 1. The number of hydrogen-bond donors (Lipinski definition) is 4. The third kappa shape index (κ3) is 8.80. The molecular formula is C32H40N6O6. The second kappa shape index (κ2) is 15.7. The van der Waals surface area contributed by atoms with Crippen LogP contribution in [0.2, 0.25) is 0 Å². The second-order valence-electron chi connectivity index (χ2n) is 11.1. The first-order chi connectivity index (χ1) is 21.5. The molecule has 2 amide bonds. The minimum atomic E-state index is -0.585. The number of aliphatic hydroxyl groups excluding tert-OH is 1. The lowest BCUT2D eigenvalue weighted by Gasteiger charge is -2.40. The van der Waals surface area contributed by atoms with E-state index in [0.717, 1.165) is 55.4 Å². The Hall–Kier alpha value is -3.94. The van der Waals surface area contributed by atoms with Gasteiger partial charge in [0.15, 0.2) is 6.29 Å². The Balaban J connectivity index is 1.20. The van der Waals surface area contributed by atoms with Crippen molar-refractivity contribution < 1.29 is 29.4 Å². The van der Waals surface area contributed by atoms with E-state index in [1.54, 1.807) is 17.9 Å². The summed E-state index contributed by atoms with van der Waals surface area (Å²) in [5.74, 6) is 0.158. The average molecular weight is 605 g/mol. The molecule has 44 heavy (non-hydrogen) atoms. The van der Waals surface area contributed by atoms with E-state index in [4.69, 9.17) is 14.7 Å². The number of nitrogens with one attached hydrogen (secondary N) is 2. The fourth-order valence-electron chi connectivity index (χ4n) is 5.48. The number of nitrogens with zero attached hydrogens (tertiary/aromatic N) is 4. The molecule has 12 heteroatoms. The molecule has 234 valence electrons. The maximum absolute atomic E-state index is 12.4. The normalized spacial score (nSPS) is 20.7. The second-order valence-corrected chi connectivity index (χ2v) is 11.1. The summed E-state index contributed by atoms with van der Waals surface area (Å²) in [5, 5.41) is 20.9. The molecule has 0 radical (unpaired) electrons. The van der Waals surface area contributed by atoms with Crippen LogP contribution in [0.15, 0.2) is 67.0 Å². The topological polar surface area (TPSA) is 149 Å². The van der Waals surface area contributed by atoms with Gasteiger partial charge in [-0.05, 0) is 42.2 Å². The number of anilines is 2. The maximum Gasteiger partial charge on any atom is 0.243 e. The molecule has 0 saturated carbocycles. The van der Waals surface area contributed by atoms with Crippen molar-refractivity contribution in [3.63, 3.8) is 0 Å². The quantitative estimate of drug-likeness (QED) is 0.138. The summed E-state index contributed by atoms with van der Waals surface area (Å²) in [4.78, 5) is 36.8. The number of benzene rings is 2. The number of unbranched alkanes of at least 4 members (excludes halogenated alkanes) is 1. The van der Waals surface area contributed by atoms with E-state index < -0.39 is 12.2 Å². The first kappa shape index (κ1) is 31.5. The van der Waals surface area contributed by atoms with Crippen LogP contribution in [-0.4, -0.2) is 75.8 Å². The van der Waals surface area contributed by atoms with Crippen LogP contribution in [0.5, 0.6) is 0 Å². The number of amides is 2. The zero-order valence-electron chi connectivity index (χ0n) is 24.7. The van der Waals surface area contributed by atoms with E-state index >= 15 is 0 Å². The number of aromatic nitrogens is 2. The van der Waals surface area contributed by atoms with Crippen molar-refractivity contribution >= 4 is 23.5 Å². The van der Waals surface area contributed by atoms with Crippen LogP contribution >= 0.6 is 0 Å². The highest BCUT2D eigenvalue weighted by molar-refractivity contribution is 5.90. The fourth-order valence-corrected chi connectivity index (χ4v) is 5.48. The molecule has 0 aliphatic carbocycles. The Morgan fingerprint density at radius 1 is 0.864 bits per heavy atom. The van der Waals surface area contributed by atoms with Crippen molar-refractivity contribution in [2.45, 2.75) is 57.2 Å². The predicted octanol–water partition coefficient (Wildman–Crippen LogP) is 3.34. The Kier molecular flexibility index (Phi) is 11.2. The van der Waals surface area contributed by atoms with Crippen molar-refractivity contribution in [3.8, 4) is 0 Å². The predicted molar refractivity (Wildman–Crippen MR) is 163 cm³/mol. The zero-order valence-corrected chi connectivity index (χ0v) is 24.7. The van der Waals surface area contributed by atoms with Gasteiger partial charge in [0, 0.05) is 75.6 Å². The molecule has 0 bridgehead atoms. The number of piperazine rings is 1. The van der Waals surface area contributed by atoms with Crippen molar-refractivity contribution in [1.82, 2.24) is 20.3 Å². The van der Waals surface area contributed by atoms with E-state index in [1.165, 1.54) is 0 Å². The van der Waals surface area contributed by atoms with Crippen LogP contribution in [0.25, 0.3) is 0 Å². The molecule has 3 aromatic rings. The summed E-state index contributed by atoms with van der Waals surface area (Å²) >= 11 is 0. The zero-order chi connectivity index (χ0) is 30.7. The van der Waals surface area contributed by atoms with Gasteiger partial charge in [0.1, 0.15) is 0 Å². The van der Waals surface area contributed by atoms with Gasteiger partial charge < -0.3 is 24.8 Å². The molecule has 5 rings (SSSR count). The molecule has 2 aromatic carbocycles. The van der Waals surface area contributed by atoms with Gasteiger partial charge in [-0.15, -0.1) is 0 Å². The van der Waals surface area contributed by atoms with Crippen molar-refractivity contribution in [2.75, 3.05) is 42.9 Å². The van der Waals surface area contributed by atoms with Gasteiger partial charge in [-0.3, -0.25) is 19.7 Å². The summed E-state index contributed by atoms with van der Waals surface area (Å²) in [6.45, 7) is 4.19. The third-order valence-electron chi connectivity index (χ3n) is 7.93. The van der Waals surface area contributed by atoms with Crippen molar-refractivity contribution in [1.29, 1.82) is 0 Å². The van der Waals surface area contributed by atoms with Gasteiger partial charge in [-0.2, -0.15) is 0 Å². The Morgan fingerprint density at radius 2 is 1.52 bits per heavy atom. The lowest BCUT2D eigenvalue weighted by molar-refractivity contribution is -0.253. The molecule has 2 fully saturated rings. The molecule has 4 N–H and O–H groups in total. The van der Waals surface area contributed by atoms with Gasteiger partial charge in [-0.25, -0.2) is 15.4 Å². The van der Waals surface area contributed by atoms with Gasteiger partial charge in [-0.1, -0.05) is 36.4 Å². The van der Waals surface area contributed by atoms with Crippen LogP contribution < -0.4 is 15.7 Å². The molecule has 3 atom stereocenters. The van der Waals surface area contributed by atoms with Crippen molar-refractivity contribution in [3.05, 3.63) is 83.7 Å². The molecule has 2 aliphatic heterocycles. The molecule has 2 aliphatic rings. The lowest BCUT2D eigenvalue weighted by Crippen LogP contribution is -2.50. The number of hydrogen-bond acceptors (Lipinski definition) is 10. The SMILES string of the molecule is O=C(CCCCC(=O)Nc1ccc(C2OC(CN3CCN(c4ncccn4)CC3)CC(c3ccc(CO)cc3)O2)cc1)NO. The first-order valence-corrected chi connectivity index (χ1v) is 15.1. The first-order valence-electron chi connectivity index (χ1n) is 15.1. The lowest BCUT2D eigenvalue weighted by atomic mass is 9.99. The van der Waals surface area contributed by atoms with Crippen LogP contribution in [0.3, 0.4) is 0 Å². The van der Waals surface area contributed by atoms with E-state index in [9.17, 15) is 14.7 Å². The molecule has 3 heterocycles. The maximum atomic E-state index is 12.4. The monoisotopic (exact) mass is 604 g/mol. The van der Waals surface area contributed by atoms with Gasteiger partial charge in [0.05, 0.1) is 18.8 Å². The number of ether oxygens (including phenoxy) is 2.